The van der Waals surface area contributed by atoms with Crippen molar-refractivity contribution in [3.05, 3.63) is 54.1 Å². The zero-order valence-electron chi connectivity index (χ0n) is 16.6. The number of imidazole rings is 1. The third-order valence-electron chi connectivity index (χ3n) is 5.59. The number of amides is 1. The Morgan fingerprint density at radius 3 is 2.85 bits per heavy atom. The largest absolute Gasteiger partial charge is 0.341 e. The molecule has 2 aromatic rings. The Hall–Kier alpha value is -2.14. The standard InChI is InChI=1S/C22H32N4O/c1-3-10-22(2)11-7-12-26(16-22)21(27)20(23)13-19-15-25(17-24-19)14-18-8-5-4-6-9-18/h4-6,8-9,15,17,20H,3,7,10-14,16,23H2,1-2H3/t20-,22?/m0/s1. The number of rotatable bonds is 7. The zero-order chi connectivity index (χ0) is 19.3. The first-order chi connectivity index (χ1) is 13.0. The molecule has 0 saturated carbocycles. The maximum Gasteiger partial charge on any atom is 0.239 e. The molecule has 1 unspecified atom stereocenters. The molecule has 5 nitrogen and oxygen atoms in total. The summed E-state index contributed by atoms with van der Waals surface area (Å²) in [6, 6.07) is 9.75. The molecule has 1 fully saturated rings. The van der Waals surface area contributed by atoms with Crippen molar-refractivity contribution in [1.82, 2.24) is 14.5 Å². The highest BCUT2D eigenvalue weighted by Gasteiger charge is 2.34. The van der Waals surface area contributed by atoms with E-state index in [-0.39, 0.29) is 11.3 Å². The average Bonchev–Trinajstić information content (AvgIpc) is 3.08. The number of likely N-dealkylation sites (tertiary alicyclic amines) is 1. The average molecular weight is 369 g/mol. The molecule has 1 amide bonds. The van der Waals surface area contributed by atoms with Gasteiger partial charge in [0, 0.05) is 32.3 Å². The van der Waals surface area contributed by atoms with Crippen molar-refractivity contribution in [1.29, 1.82) is 0 Å². The Bertz CT molecular complexity index is 738. The molecule has 1 aromatic heterocycles. The van der Waals surface area contributed by atoms with Crippen molar-refractivity contribution in [3.63, 3.8) is 0 Å². The second-order valence-electron chi connectivity index (χ2n) is 8.26. The molecule has 3 rings (SSSR count). The Morgan fingerprint density at radius 1 is 1.33 bits per heavy atom. The van der Waals surface area contributed by atoms with Crippen LogP contribution in [0.2, 0.25) is 0 Å². The van der Waals surface area contributed by atoms with Crippen LogP contribution in [0.15, 0.2) is 42.9 Å². The molecule has 2 N–H and O–H groups in total. The third-order valence-corrected chi connectivity index (χ3v) is 5.59. The van der Waals surface area contributed by atoms with Gasteiger partial charge in [0.05, 0.1) is 18.1 Å². The number of piperidine rings is 1. The summed E-state index contributed by atoms with van der Waals surface area (Å²) in [5, 5.41) is 0. The number of hydrogen-bond donors (Lipinski definition) is 1. The highest BCUT2D eigenvalue weighted by Crippen LogP contribution is 2.34. The minimum atomic E-state index is -0.519. The quantitative estimate of drug-likeness (QED) is 0.816. The van der Waals surface area contributed by atoms with Gasteiger partial charge in [-0.3, -0.25) is 4.79 Å². The zero-order valence-corrected chi connectivity index (χ0v) is 16.6. The molecule has 0 aliphatic carbocycles. The lowest BCUT2D eigenvalue weighted by atomic mass is 9.78. The Morgan fingerprint density at radius 2 is 2.11 bits per heavy atom. The number of benzene rings is 1. The van der Waals surface area contributed by atoms with Gasteiger partial charge in [0.2, 0.25) is 5.91 Å². The van der Waals surface area contributed by atoms with Gasteiger partial charge in [0.25, 0.3) is 0 Å². The van der Waals surface area contributed by atoms with Gasteiger partial charge in [-0.15, -0.1) is 0 Å². The second kappa shape index (κ2) is 8.70. The van der Waals surface area contributed by atoms with Crippen molar-refractivity contribution in [3.8, 4) is 0 Å². The van der Waals surface area contributed by atoms with E-state index in [0.29, 0.717) is 6.42 Å². The summed E-state index contributed by atoms with van der Waals surface area (Å²) in [6.45, 7) is 6.94. The normalized spacial score (nSPS) is 21.2. The van der Waals surface area contributed by atoms with Crippen LogP contribution in [0.5, 0.6) is 0 Å². The lowest BCUT2D eigenvalue weighted by molar-refractivity contribution is -0.136. The van der Waals surface area contributed by atoms with Gasteiger partial charge in [-0.05, 0) is 30.2 Å². The van der Waals surface area contributed by atoms with E-state index in [1.807, 2.05) is 40.2 Å². The number of carbonyl (C=O) groups is 1. The first-order valence-corrected chi connectivity index (χ1v) is 10.1. The minimum absolute atomic E-state index is 0.0645. The van der Waals surface area contributed by atoms with Crippen LogP contribution >= 0.6 is 0 Å². The smallest absolute Gasteiger partial charge is 0.239 e. The summed E-state index contributed by atoms with van der Waals surface area (Å²) < 4.78 is 2.04. The fourth-order valence-electron chi connectivity index (χ4n) is 4.25. The van der Waals surface area contributed by atoms with Crippen molar-refractivity contribution in [2.75, 3.05) is 13.1 Å². The highest BCUT2D eigenvalue weighted by molar-refractivity contribution is 5.82. The van der Waals surface area contributed by atoms with E-state index in [1.165, 1.54) is 12.0 Å². The van der Waals surface area contributed by atoms with Gasteiger partial charge in [0.15, 0.2) is 0 Å². The molecule has 27 heavy (non-hydrogen) atoms. The fourth-order valence-corrected chi connectivity index (χ4v) is 4.25. The first-order valence-electron chi connectivity index (χ1n) is 10.1. The summed E-state index contributed by atoms with van der Waals surface area (Å²) in [6.07, 6.45) is 8.89. The van der Waals surface area contributed by atoms with Gasteiger partial charge in [-0.1, -0.05) is 50.6 Å². The van der Waals surface area contributed by atoms with Gasteiger partial charge in [-0.25, -0.2) is 4.98 Å². The number of carbonyl (C=O) groups excluding carboxylic acids is 1. The van der Waals surface area contributed by atoms with Crippen molar-refractivity contribution < 1.29 is 4.79 Å². The summed E-state index contributed by atoms with van der Waals surface area (Å²) in [7, 11) is 0. The Labute approximate surface area is 162 Å². The van der Waals surface area contributed by atoms with E-state index < -0.39 is 6.04 Å². The van der Waals surface area contributed by atoms with Crippen molar-refractivity contribution in [2.45, 2.75) is 58.5 Å². The summed E-state index contributed by atoms with van der Waals surface area (Å²) in [4.78, 5) is 19.3. The summed E-state index contributed by atoms with van der Waals surface area (Å²) in [5.74, 6) is 0.0645. The molecule has 1 aliphatic rings. The molecular formula is C22H32N4O. The van der Waals surface area contributed by atoms with Gasteiger partial charge in [0.1, 0.15) is 0 Å². The number of nitrogens with zero attached hydrogens (tertiary/aromatic N) is 3. The van der Waals surface area contributed by atoms with Crippen molar-refractivity contribution >= 4 is 5.91 Å². The molecular weight excluding hydrogens is 336 g/mol. The first kappa shape index (κ1) is 19.6. The van der Waals surface area contributed by atoms with E-state index >= 15 is 0 Å². The van der Waals surface area contributed by atoms with Crippen LogP contribution < -0.4 is 5.73 Å². The molecule has 2 heterocycles. The van der Waals surface area contributed by atoms with E-state index in [9.17, 15) is 4.79 Å². The molecule has 1 aliphatic heterocycles. The van der Waals surface area contributed by atoms with Crippen LogP contribution in [0.4, 0.5) is 0 Å². The maximum absolute atomic E-state index is 12.9. The monoisotopic (exact) mass is 368 g/mol. The topological polar surface area (TPSA) is 64.2 Å². The molecule has 0 bridgehead atoms. The lowest BCUT2D eigenvalue weighted by Gasteiger charge is -2.41. The van der Waals surface area contributed by atoms with Crippen LogP contribution in [0.3, 0.4) is 0 Å². The lowest BCUT2D eigenvalue weighted by Crippen LogP contribution is -2.51. The molecule has 5 heteroatoms. The predicted octanol–water partition coefficient (Wildman–Crippen LogP) is 3.23. The number of aromatic nitrogens is 2. The molecule has 146 valence electrons. The van der Waals surface area contributed by atoms with Gasteiger partial charge >= 0.3 is 0 Å². The number of nitrogens with two attached hydrogens (primary N) is 1. The fraction of sp³-hybridized carbons (Fsp3) is 0.545. The SMILES string of the molecule is CCCC1(C)CCCN(C(=O)[C@@H](N)Cc2cn(Cc3ccccc3)cn2)C1. The van der Waals surface area contributed by atoms with Gasteiger partial charge in [-0.2, -0.15) is 0 Å². The van der Waals surface area contributed by atoms with Crippen LogP contribution in [0.25, 0.3) is 0 Å². The van der Waals surface area contributed by atoms with E-state index in [2.05, 4.69) is 31.0 Å². The molecule has 2 atom stereocenters. The summed E-state index contributed by atoms with van der Waals surface area (Å²) >= 11 is 0. The van der Waals surface area contributed by atoms with Crippen LogP contribution in [-0.2, 0) is 17.8 Å². The number of hydrogen-bond acceptors (Lipinski definition) is 3. The van der Waals surface area contributed by atoms with Crippen LogP contribution in [-0.4, -0.2) is 39.5 Å². The van der Waals surface area contributed by atoms with E-state index in [4.69, 9.17) is 5.73 Å². The predicted molar refractivity (Wildman–Crippen MR) is 108 cm³/mol. The molecule has 0 radical (unpaired) electrons. The van der Waals surface area contributed by atoms with Crippen LogP contribution in [0.1, 0.15) is 50.8 Å². The highest BCUT2D eigenvalue weighted by atomic mass is 16.2. The molecule has 1 saturated heterocycles. The van der Waals surface area contributed by atoms with Crippen LogP contribution in [0, 0.1) is 5.41 Å². The summed E-state index contributed by atoms with van der Waals surface area (Å²) in [5.41, 5.74) is 8.60. The Kier molecular flexibility index (Phi) is 6.32. The van der Waals surface area contributed by atoms with Crippen molar-refractivity contribution in [2.24, 2.45) is 11.1 Å². The van der Waals surface area contributed by atoms with E-state index in [0.717, 1.165) is 44.6 Å². The van der Waals surface area contributed by atoms with E-state index in [1.54, 1.807) is 0 Å². The second-order valence-corrected chi connectivity index (χ2v) is 8.26. The molecule has 1 aromatic carbocycles. The van der Waals surface area contributed by atoms with Gasteiger partial charge < -0.3 is 15.2 Å². The molecule has 0 spiro atoms. The Balaban J connectivity index is 1.57. The maximum atomic E-state index is 12.9. The minimum Gasteiger partial charge on any atom is -0.341 e. The third kappa shape index (κ3) is 5.19.